The van der Waals surface area contributed by atoms with Crippen LogP contribution in [-0.4, -0.2) is 11.6 Å². The Bertz CT molecular complexity index is 349. The first-order valence-electron chi connectivity index (χ1n) is 4.63. The molecule has 0 spiro atoms. The van der Waals surface area contributed by atoms with Crippen molar-refractivity contribution in [3.8, 4) is 0 Å². The van der Waals surface area contributed by atoms with E-state index in [4.69, 9.17) is 0 Å². The number of ketones is 2. The molecule has 0 aromatic heterocycles. The first-order valence-corrected chi connectivity index (χ1v) is 4.63. The van der Waals surface area contributed by atoms with E-state index in [2.05, 4.69) is 0 Å². The molecule has 0 aliphatic rings. The van der Waals surface area contributed by atoms with Gasteiger partial charge in [-0.3, -0.25) is 9.59 Å². The SMILES string of the molecule is CC(=O)C(C)C(=O)c1ccc(C)cc1. The summed E-state index contributed by atoms with van der Waals surface area (Å²) in [5.41, 5.74) is 1.72. The molecule has 74 valence electrons. The lowest BCUT2D eigenvalue weighted by atomic mass is 9.96. The van der Waals surface area contributed by atoms with Crippen LogP contribution in [0.1, 0.15) is 29.8 Å². The van der Waals surface area contributed by atoms with Gasteiger partial charge >= 0.3 is 0 Å². The van der Waals surface area contributed by atoms with Crippen molar-refractivity contribution in [3.05, 3.63) is 35.4 Å². The van der Waals surface area contributed by atoms with Crippen LogP contribution in [0, 0.1) is 12.8 Å². The average molecular weight is 190 g/mol. The lowest BCUT2D eigenvalue weighted by Crippen LogP contribution is -2.18. The molecule has 0 radical (unpaired) electrons. The van der Waals surface area contributed by atoms with Gasteiger partial charge in [0, 0.05) is 5.56 Å². The predicted octanol–water partition coefficient (Wildman–Crippen LogP) is 2.40. The summed E-state index contributed by atoms with van der Waals surface area (Å²) in [6.45, 7) is 5.05. The van der Waals surface area contributed by atoms with Crippen molar-refractivity contribution in [2.24, 2.45) is 5.92 Å². The van der Waals surface area contributed by atoms with Crippen molar-refractivity contribution >= 4 is 11.6 Å². The molecular formula is C12H14O2. The minimum Gasteiger partial charge on any atom is -0.299 e. The van der Waals surface area contributed by atoms with Crippen LogP contribution in [0.3, 0.4) is 0 Å². The number of carbonyl (C=O) groups excluding carboxylic acids is 2. The maximum Gasteiger partial charge on any atom is 0.173 e. The van der Waals surface area contributed by atoms with E-state index in [0.29, 0.717) is 5.56 Å². The van der Waals surface area contributed by atoms with Gasteiger partial charge in [-0.25, -0.2) is 0 Å². The molecule has 14 heavy (non-hydrogen) atoms. The van der Waals surface area contributed by atoms with E-state index in [1.165, 1.54) is 6.92 Å². The van der Waals surface area contributed by atoms with E-state index in [-0.39, 0.29) is 11.6 Å². The van der Waals surface area contributed by atoms with Crippen LogP contribution in [0.15, 0.2) is 24.3 Å². The van der Waals surface area contributed by atoms with Gasteiger partial charge in [0.2, 0.25) is 0 Å². The van der Waals surface area contributed by atoms with Crippen LogP contribution in [0.2, 0.25) is 0 Å². The van der Waals surface area contributed by atoms with Gasteiger partial charge in [-0.15, -0.1) is 0 Å². The van der Waals surface area contributed by atoms with E-state index >= 15 is 0 Å². The summed E-state index contributed by atoms with van der Waals surface area (Å²) in [7, 11) is 0. The van der Waals surface area contributed by atoms with Gasteiger partial charge in [-0.2, -0.15) is 0 Å². The van der Waals surface area contributed by atoms with Crippen LogP contribution in [0.4, 0.5) is 0 Å². The molecular weight excluding hydrogens is 176 g/mol. The molecule has 0 saturated carbocycles. The van der Waals surface area contributed by atoms with Crippen LogP contribution >= 0.6 is 0 Å². The van der Waals surface area contributed by atoms with E-state index in [1.54, 1.807) is 19.1 Å². The Morgan fingerprint density at radius 2 is 1.64 bits per heavy atom. The van der Waals surface area contributed by atoms with Crippen molar-refractivity contribution in [2.45, 2.75) is 20.8 Å². The third-order valence-electron chi connectivity index (χ3n) is 2.34. The van der Waals surface area contributed by atoms with E-state index in [1.807, 2.05) is 19.1 Å². The van der Waals surface area contributed by atoms with Gasteiger partial charge < -0.3 is 0 Å². The van der Waals surface area contributed by atoms with Gasteiger partial charge in [0.25, 0.3) is 0 Å². The molecule has 1 aromatic rings. The summed E-state index contributed by atoms with van der Waals surface area (Å²) in [6.07, 6.45) is 0. The maximum atomic E-state index is 11.7. The zero-order valence-electron chi connectivity index (χ0n) is 8.70. The quantitative estimate of drug-likeness (QED) is 0.541. The van der Waals surface area contributed by atoms with E-state index < -0.39 is 5.92 Å². The Labute approximate surface area is 83.9 Å². The number of carbonyl (C=O) groups is 2. The number of Topliss-reactive ketones (excluding diaryl/α,β-unsaturated/α-hetero) is 2. The molecule has 2 heteroatoms. The Kier molecular flexibility index (Phi) is 3.18. The second kappa shape index (κ2) is 4.18. The monoisotopic (exact) mass is 190 g/mol. The third-order valence-corrected chi connectivity index (χ3v) is 2.34. The molecule has 0 saturated heterocycles. The number of benzene rings is 1. The van der Waals surface area contributed by atoms with Gasteiger partial charge in [0.05, 0.1) is 5.92 Å². The molecule has 1 aromatic carbocycles. The van der Waals surface area contributed by atoms with Crippen molar-refractivity contribution < 1.29 is 9.59 Å². The third kappa shape index (κ3) is 2.28. The molecule has 1 rings (SSSR count). The van der Waals surface area contributed by atoms with Crippen molar-refractivity contribution in [3.63, 3.8) is 0 Å². The van der Waals surface area contributed by atoms with Crippen LogP contribution < -0.4 is 0 Å². The van der Waals surface area contributed by atoms with Crippen LogP contribution in [0.5, 0.6) is 0 Å². The summed E-state index contributed by atoms with van der Waals surface area (Å²) in [6, 6.07) is 7.27. The van der Waals surface area contributed by atoms with Crippen molar-refractivity contribution in [2.75, 3.05) is 0 Å². The molecule has 1 atom stereocenters. The molecule has 2 nitrogen and oxygen atoms in total. The topological polar surface area (TPSA) is 34.1 Å². The average Bonchev–Trinajstić information content (AvgIpc) is 2.16. The van der Waals surface area contributed by atoms with Crippen LogP contribution in [0.25, 0.3) is 0 Å². The number of aryl methyl sites for hydroxylation is 1. The zero-order chi connectivity index (χ0) is 10.7. The second-order valence-electron chi connectivity index (χ2n) is 3.56. The fourth-order valence-electron chi connectivity index (χ4n) is 1.15. The van der Waals surface area contributed by atoms with E-state index in [0.717, 1.165) is 5.56 Å². The highest BCUT2D eigenvalue weighted by molar-refractivity contribution is 6.09. The molecule has 0 amide bonds. The van der Waals surface area contributed by atoms with Gasteiger partial charge in [-0.1, -0.05) is 29.8 Å². The molecule has 0 aliphatic heterocycles. The Morgan fingerprint density at radius 1 is 1.14 bits per heavy atom. The lowest BCUT2D eigenvalue weighted by Gasteiger charge is -2.06. The summed E-state index contributed by atoms with van der Waals surface area (Å²) >= 11 is 0. The fourth-order valence-corrected chi connectivity index (χ4v) is 1.15. The lowest BCUT2D eigenvalue weighted by molar-refractivity contribution is -0.118. The Hall–Kier alpha value is -1.44. The predicted molar refractivity (Wildman–Crippen MR) is 55.4 cm³/mol. The molecule has 0 heterocycles. The molecule has 0 bridgehead atoms. The highest BCUT2D eigenvalue weighted by atomic mass is 16.1. The summed E-state index contributed by atoms with van der Waals surface area (Å²) in [4.78, 5) is 22.7. The molecule has 0 fully saturated rings. The Morgan fingerprint density at radius 3 is 2.07 bits per heavy atom. The van der Waals surface area contributed by atoms with Gasteiger partial charge in [0.1, 0.15) is 5.78 Å². The first kappa shape index (κ1) is 10.6. The van der Waals surface area contributed by atoms with Crippen molar-refractivity contribution in [1.82, 2.24) is 0 Å². The first-order chi connectivity index (χ1) is 6.52. The highest BCUT2D eigenvalue weighted by Gasteiger charge is 2.18. The zero-order valence-corrected chi connectivity index (χ0v) is 8.70. The Balaban J connectivity index is 2.90. The van der Waals surface area contributed by atoms with Gasteiger partial charge in [0.15, 0.2) is 5.78 Å². The second-order valence-corrected chi connectivity index (χ2v) is 3.56. The molecule has 0 N–H and O–H groups in total. The highest BCUT2D eigenvalue weighted by Crippen LogP contribution is 2.10. The number of hydrogen-bond donors (Lipinski definition) is 0. The summed E-state index contributed by atoms with van der Waals surface area (Å²) < 4.78 is 0. The summed E-state index contributed by atoms with van der Waals surface area (Å²) in [5.74, 6) is -0.717. The maximum absolute atomic E-state index is 11.7. The minimum atomic E-state index is -0.530. The molecule has 1 unspecified atom stereocenters. The largest absolute Gasteiger partial charge is 0.299 e. The van der Waals surface area contributed by atoms with Gasteiger partial charge in [-0.05, 0) is 20.8 Å². The smallest absolute Gasteiger partial charge is 0.173 e. The van der Waals surface area contributed by atoms with E-state index in [9.17, 15) is 9.59 Å². The van der Waals surface area contributed by atoms with Crippen LogP contribution in [-0.2, 0) is 4.79 Å². The standard InChI is InChI=1S/C12H14O2/c1-8-4-6-11(7-5-8)12(14)9(2)10(3)13/h4-7,9H,1-3H3. The fraction of sp³-hybridized carbons (Fsp3) is 0.333. The summed E-state index contributed by atoms with van der Waals surface area (Å²) in [5, 5.41) is 0. The number of hydrogen-bond acceptors (Lipinski definition) is 2. The molecule has 0 aliphatic carbocycles. The normalized spacial score (nSPS) is 12.2. The van der Waals surface area contributed by atoms with Crippen molar-refractivity contribution in [1.29, 1.82) is 0 Å². The number of rotatable bonds is 3. The minimum absolute atomic E-state index is 0.0874.